The van der Waals surface area contributed by atoms with Gasteiger partial charge in [-0.25, -0.2) is 0 Å². The molecule has 0 aromatic rings. The highest BCUT2D eigenvalue weighted by molar-refractivity contribution is 4.64. The first kappa shape index (κ1) is 17.8. The smallest absolute Gasteiger partial charge is 0.0709 e. The molecule has 0 bridgehead atoms. The van der Waals surface area contributed by atoms with Gasteiger partial charge in [0.1, 0.15) is 0 Å². The Labute approximate surface area is 112 Å². The Bertz CT molecular complexity index is 170. The SMILES string of the molecule is CCOC(CN)CCN(CCCOC)CCOC. The molecular formula is C13H30N2O3. The van der Waals surface area contributed by atoms with Crippen molar-refractivity contribution in [2.24, 2.45) is 5.73 Å². The van der Waals surface area contributed by atoms with Gasteiger partial charge in [-0.15, -0.1) is 0 Å². The van der Waals surface area contributed by atoms with Crippen LogP contribution in [-0.4, -0.2) is 71.2 Å². The molecule has 5 nitrogen and oxygen atoms in total. The highest BCUT2D eigenvalue weighted by atomic mass is 16.5. The van der Waals surface area contributed by atoms with Gasteiger partial charge in [0, 0.05) is 53.6 Å². The summed E-state index contributed by atoms with van der Waals surface area (Å²) in [5.41, 5.74) is 5.68. The van der Waals surface area contributed by atoms with E-state index in [-0.39, 0.29) is 6.10 Å². The zero-order valence-corrected chi connectivity index (χ0v) is 12.2. The van der Waals surface area contributed by atoms with Crippen LogP contribution in [0.25, 0.3) is 0 Å². The molecule has 110 valence electrons. The van der Waals surface area contributed by atoms with Crippen molar-refractivity contribution in [1.82, 2.24) is 4.90 Å². The zero-order chi connectivity index (χ0) is 13.6. The van der Waals surface area contributed by atoms with Crippen LogP contribution in [0.5, 0.6) is 0 Å². The summed E-state index contributed by atoms with van der Waals surface area (Å²) in [6.07, 6.45) is 2.19. The predicted octanol–water partition coefficient (Wildman–Crippen LogP) is 0.725. The number of hydrogen-bond donors (Lipinski definition) is 1. The van der Waals surface area contributed by atoms with E-state index in [4.69, 9.17) is 19.9 Å². The molecular weight excluding hydrogens is 232 g/mol. The lowest BCUT2D eigenvalue weighted by molar-refractivity contribution is 0.0501. The first-order chi connectivity index (χ1) is 8.78. The summed E-state index contributed by atoms with van der Waals surface area (Å²) in [5.74, 6) is 0. The minimum atomic E-state index is 0.169. The van der Waals surface area contributed by atoms with Gasteiger partial charge in [0.2, 0.25) is 0 Å². The van der Waals surface area contributed by atoms with E-state index in [2.05, 4.69) is 4.90 Å². The molecule has 18 heavy (non-hydrogen) atoms. The molecule has 0 aliphatic heterocycles. The van der Waals surface area contributed by atoms with E-state index in [9.17, 15) is 0 Å². The molecule has 5 heteroatoms. The summed E-state index contributed by atoms with van der Waals surface area (Å²) in [6, 6.07) is 0. The fourth-order valence-corrected chi connectivity index (χ4v) is 1.82. The maximum atomic E-state index is 5.68. The topological polar surface area (TPSA) is 57.0 Å². The molecule has 0 radical (unpaired) electrons. The fraction of sp³-hybridized carbons (Fsp3) is 1.00. The number of nitrogens with zero attached hydrogens (tertiary/aromatic N) is 1. The lowest BCUT2D eigenvalue weighted by Gasteiger charge is -2.24. The largest absolute Gasteiger partial charge is 0.385 e. The van der Waals surface area contributed by atoms with E-state index in [0.29, 0.717) is 6.54 Å². The Morgan fingerprint density at radius 2 is 1.78 bits per heavy atom. The average molecular weight is 262 g/mol. The monoisotopic (exact) mass is 262 g/mol. The highest BCUT2D eigenvalue weighted by Gasteiger charge is 2.10. The summed E-state index contributed by atoms with van der Waals surface area (Å²) in [6.45, 7) is 7.85. The molecule has 0 heterocycles. The first-order valence-corrected chi connectivity index (χ1v) is 6.80. The van der Waals surface area contributed by atoms with Crippen molar-refractivity contribution in [2.75, 3.05) is 60.2 Å². The molecule has 0 spiro atoms. The van der Waals surface area contributed by atoms with E-state index in [1.54, 1.807) is 14.2 Å². The normalized spacial score (nSPS) is 13.2. The van der Waals surface area contributed by atoms with Crippen molar-refractivity contribution in [1.29, 1.82) is 0 Å². The lowest BCUT2D eigenvalue weighted by atomic mass is 10.2. The molecule has 2 N–H and O–H groups in total. The van der Waals surface area contributed by atoms with Crippen molar-refractivity contribution >= 4 is 0 Å². The van der Waals surface area contributed by atoms with E-state index < -0.39 is 0 Å². The summed E-state index contributed by atoms with van der Waals surface area (Å²) in [5, 5.41) is 0. The molecule has 1 unspecified atom stereocenters. The third-order valence-corrected chi connectivity index (χ3v) is 2.87. The Hall–Kier alpha value is -0.200. The summed E-state index contributed by atoms with van der Waals surface area (Å²) in [7, 11) is 3.47. The van der Waals surface area contributed by atoms with Gasteiger partial charge in [-0.1, -0.05) is 0 Å². The number of rotatable bonds is 13. The van der Waals surface area contributed by atoms with Crippen molar-refractivity contribution < 1.29 is 14.2 Å². The minimum Gasteiger partial charge on any atom is -0.385 e. The van der Waals surface area contributed by atoms with Crippen LogP contribution in [0.4, 0.5) is 0 Å². The van der Waals surface area contributed by atoms with Crippen molar-refractivity contribution in [2.45, 2.75) is 25.9 Å². The van der Waals surface area contributed by atoms with Crippen LogP contribution in [0.3, 0.4) is 0 Å². The zero-order valence-electron chi connectivity index (χ0n) is 12.2. The Kier molecular flexibility index (Phi) is 13.1. The molecule has 0 aliphatic rings. The third-order valence-electron chi connectivity index (χ3n) is 2.87. The molecule has 1 atom stereocenters. The first-order valence-electron chi connectivity index (χ1n) is 6.80. The Morgan fingerprint density at radius 1 is 1.06 bits per heavy atom. The second-order valence-electron chi connectivity index (χ2n) is 4.28. The van der Waals surface area contributed by atoms with Crippen LogP contribution >= 0.6 is 0 Å². The molecule has 0 aromatic heterocycles. The molecule has 0 rings (SSSR count). The van der Waals surface area contributed by atoms with Crippen LogP contribution in [0.2, 0.25) is 0 Å². The molecule has 0 aromatic carbocycles. The van der Waals surface area contributed by atoms with E-state index in [1.165, 1.54) is 0 Å². The molecule has 0 saturated heterocycles. The van der Waals surface area contributed by atoms with Gasteiger partial charge in [0.05, 0.1) is 12.7 Å². The maximum absolute atomic E-state index is 5.68. The molecule has 0 amide bonds. The van der Waals surface area contributed by atoms with Crippen molar-refractivity contribution in [3.05, 3.63) is 0 Å². The van der Waals surface area contributed by atoms with Crippen LogP contribution < -0.4 is 5.73 Å². The van der Waals surface area contributed by atoms with Crippen molar-refractivity contribution in [3.8, 4) is 0 Å². The predicted molar refractivity (Wildman–Crippen MR) is 73.9 cm³/mol. The van der Waals surface area contributed by atoms with Gasteiger partial charge in [0.15, 0.2) is 0 Å². The summed E-state index contributed by atoms with van der Waals surface area (Å²) < 4.78 is 15.8. The fourth-order valence-electron chi connectivity index (χ4n) is 1.82. The van der Waals surface area contributed by atoms with Gasteiger partial charge in [-0.3, -0.25) is 0 Å². The van der Waals surface area contributed by atoms with Crippen LogP contribution in [0.15, 0.2) is 0 Å². The van der Waals surface area contributed by atoms with Crippen LogP contribution in [0.1, 0.15) is 19.8 Å². The second-order valence-corrected chi connectivity index (χ2v) is 4.28. The number of hydrogen-bond acceptors (Lipinski definition) is 5. The molecule has 0 aliphatic carbocycles. The lowest BCUT2D eigenvalue weighted by Crippen LogP contribution is -2.34. The summed E-state index contributed by atoms with van der Waals surface area (Å²) in [4.78, 5) is 2.38. The minimum absolute atomic E-state index is 0.169. The average Bonchev–Trinajstić information content (AvgIpc) is 2.39. The van der Waals surface area contributed by atoms with E-state index >= 15 is 0 Å². The second kappa shape index (κ2) is 13.2. The van der Waals surface area contributed by atoms with E-state index in [0.717, 1.165) is 52.3 Å². The Balaban J connectivity index is 3.88. The Morgan fingerprint density at radius 3 is 2.33 bits per heavy atom. The highest BCUT2D eigenvalue weighted by Crippen LogP contribution is 2.01. The quantitative estimate of drug-likeness (QED) is 0.496. The standard InChI is InChI=1S/C13H30N2O3/c1-4-18-13(12-14)6-8-15(9-11-17-3)7-5-10-16-2/h13H,4-12,14H2,1-3H3. The maximum Gasteiger partial charge on any atom is 0.0709 e. The van der Waals surface area contributed by atoms with Crippen LogP contribution in [-0.2, 0) is 14.2 Å². The number of ether oxygens (including phenoxy) is 3. The van der Waals surface area contributed by atoms with Gasteiger partial charge in [-0.05, 0) is 19.8 Å². The molecule has 0 saturated carbocycles. The number of methoxy groups -OCH3 is 2. The van der Waals surface area contributed by atoms with Gasteiger partial charge in [0.25, 0.3) is 0 Å². The van der Waals surface area contributed by atoms with Gasteiger partial charge < -0.3 is 24.8 Å². The van der Waals surface area contributed by atoms with Gasteiger partial charge >= 0.3 is 0 Å². The number of nitrogens with two attached hydrogens (primary N) is 1. The third kappa shape index (κ3) is 9.79. The van der Waals surface area contributed by atoms with E-state index in [1.807, 2.05) is 6.92 Å². The van der Waals surface area contributed by atoms with Crippen molar-refractivity contribution in [3.63, 3.8) is 0 Å². The van der Waals surface area contributed by atoms with Crippen LogP contribution in [0, 0.1) is 0 Å². The summed E-state index contributed by atoms with van der Waals surface area (Å²) >= 11 is 0. The molecule has 0 fully saturated rings. The van der Waals surface area contributed by atoms with Gasteiger partial charge in [-0.2, -0.15) is 0 Å².